The summed E-state index contributed by atoms with van der Waals surface area (Å²) in [6.07, 6.45) is 0. The molecule has 0 bridgehead atoms. The predicted molar refractivity (Wildman–Crippen MR) is 55.8 cm³/mol. The highest BCUT2D eigenvalue weighted by Gasteiger charge is 2.66. The fourth-order valence-electron chi connectivity index (χ4n) is 2.97. The minimum absolute atomic E-state index is 0.0641. The highest BCUT2D eigenvalue weighted by molar-refractivity contribution is 5.81. The molecule has 2 rings (SSSR count). The molecule has 5 heteroatoms. The van der Waals surface area contributed by atoms with Gasteiger partial charge in [-0.3, -0.25) is 9.59 Å². The molecule has 0 aromatic carbocycles. The highest BCUT2D eigenvalue weighted by Crippen LogP contribution is 2.51. The number of rotatable bonds is 1. The van der Waals surface area contributed by atoms with Gasteiger partial charge in [0, 0.05) is 25.9 Å². The van der Waals surface area contributed by atoms with Gasteiger partial charge in [0.25, 0.3) is 0 Å². The van der Waals surface area contributed by atoms with Crippen molar-refractivity contribution in [2.75, 3.05) is 19.7 Å². The van der Waals surface area contributed by atoms with Crippen LogP contribution in [0.2, 0.25) is 0 Å². The van der Waals surface area contributed by atoms with E-state index < -0.39 is 17.0 Å². The van der Waals surface area contributed by atoms with Gasteiger partial charge in [-0.1, -0.05) is 0 Å². The van der Waals surface area contributed by atoms with E-state index in [-0.39, 0.29) is 18.4 Å². The Kier molecular flexibility index (Phi) is 2.28. The number of ether oxygens (including phenoxy) is 1. The maximum absolute atomic E-state index is 11.6. The number of nitrogens with zero attached hydrogens (tertiary/aromatic N) is 1. The fourth-order valence-corrected chi connectivity index (χ4v) is 2.97. The van der Waals surface area contributed by atoms with Gasteiger partial charge in [0.05, 0.1) is 12.2 Å². The minimum atomic E-state index is -0.946. The molecule has 0 aliphatic carbocycles. The Morgan fingerprint density at radius 2 is 2.06 bits per heavy atom. The van der Waals surface area contributed by atoms with E-state index in [0.29, 0.717) is 13.2 Å². The maximum atomic E-state index is 11.6. The van der Waals surface area contributed by atoms with Crippen LogP contribution in [-0.4, -0.2) is 47.2 Å². The predicted octanol–water partition coefficient (Wildman–Crippen LogP) is 0.344. The van der Waals surface area contributed by atoms with Crippen molar-refractivity contribution in [2.45, 2.75) is 26.4 Å². The van der Waals surface area contributed by atoms with E-state index in [0.717, 1.165) is 0 Å². The molecule has 2 saturated heterocycles. The molecule has 90 valence electrons. The molecule has 2 fully saturated rings. The summed E-state index contributed by atoms with van der Waals surface area (Å²) < 4.78 is 5.58. The molecule has 0 aromatic rings. The standard InChI is InChI=1S/C11H17NO4/c1-7(13)12-4-8-5-16-10(2,3)11(8,6-12)9(14)15/h8H,4-6H2,1-3H3,(H,14,15). The average Bonchev–Trinajstić information content (AvgIpc) is 2.64. The second-order valence-corrected chi connectivity index (χ2v) is 5.19. The number of likely N-dealkylation sites (tertiary alicyclic amines) is 1. The van der Waals surface area contributed by atoms with Gasteiger partial charge in [-0.2, -0.15) is 0 Å². The van der Waals surface area contributed by atoms with Crippen molar-refractivity contribution < 1.29 is 19.4 Å². The Labute approximate surface area is 94.4 Å². The van der Waals surface area contributed by atoms with Crippen LogP contribution in [0.1, 0.15) is 20.8 Å². The van der Waals surface area contributed by atoms with Crippen LogP contribution >= 0.6 is 0 Å². The van der Waals surface area contributed by atoms with Gasteiger partial charge in [-0.15, -0.1) is 0 Å². The Balaban J connectivity index is 2.39. The zero-order valence-electron chi connectivity index (χ0n) is 9.82. The number of carboxylic acid groups (broad SMARTS) is 1. The van der Waals surface area contributed by atoms with Crippen molar-refractivity contribution >= 4 is 11.9 Å². The number of carbonyl (C=O) groups excluding carboxylic acids is 1. The lowest BCUT2D eigenvalue weighted by molar-refractivity contribution is -0.159. The Bertz CT molecular complexity index is 352. The van der Waals surface area contributed by atoms with E-state index >= 15 is 0 Å². The summed E-state index contributed by atoms with van der Waals surface area (Å²) in [4.78, 5) is 24.5. The number of aliphatic carboxylic acids is 1. The van der Waals surface area contributed by atoms with Gasteiger partial charge in [-0.05, 0) is 13.8 Å². The van der Waals surface area contributed by atoms with Crippen molar-refractivity contribution in [3.63, 3.8) is 0 Å². The molecule has 0 aromatic heterocycles. The van der Waals surface area contributed by atoms with Gasteiger partial charge < -0.3 is 14.7 Å². The third-order valence-corrected chi connectivity index (χ3v) is 4.12. The van der Waals surface area contributed by atoms with Crippen LogP contribution in [0.15, 0.2) is 0 Å². The van der Waals surface area contributed by atoms with Crippen LogP contribution in [0.3, 0.4) is 0 Å². The monoisotopic (exact) mass is 227 g/mol. The summed E-state index contributed by atoms with van der Waals surface area (Å²) >= 11 is 0. The summed E-state index contributed by atoms with van der Waals surface area (Å²) in [5.74, 6) is -1.02. The van der Waals surface area contributed by atoms with Crippen molar-refractivity contribution in [1.82, 2.24) is 4.90 Å². The van der Waals surface area contributed by atoms with Crippen molar-refractivity contribution in [3.05, 3.63) is 0 Å². The van der Waals surface area contributed by atoms with Crippen molar-refractivity contribution in [3.8, 4) is 0 Å². The zero-order chi connectivity index (χ0) is 12.1. The number of carboxylic acids is 1. The smallest absolute Gasteiger partial charge is 0.314 e. The first-order chi connectivity index (χ1) is 7.31. The van der Waals surface area contributed by atoms with Crippen molar-refractivity contribution in [1.29, 1.82) is 0 Å². The summed E-state index contributed by atoms with van der Waals surface area (Å²) in [5.41, 5.74) is -1.66. The van der Waals surface area contributed by atoms with Crippen molar-refractivity contribution in [2.24, 2.45) is 11.3 Å². The minimum Gasteiger partial charge on any atom is -0.481 e. The lowest BCUT2D eigenvalue weighted by Gasteiger charge is -2.35. The Morgan fingerprint density at radius 1 is 1.44 bits per heavy atom. The van der Waals surface area contributed by atoms with Crippen LogP contribution < -0.4 is 0 Å². The number of hydrogen-bond donors (Lipinski definition) is 1. The number of amides is 1. The summed E-state index contributed by atoms with van der Waals surface area (Å²) in [5, 5.41) is 9.49. The molecule has 1 N–H and O–H groups in total. The van der Waals surface area contributed by atoms with E-state index in [9.17, 15) is 14.7 Å². The zero-order valence-corrected chi connectivity index (χ0v) is 9.82. The molecule has 1 amide bonds. The van der Waals surface area contributed by atoms with Gasteiger partial charge in [0.2, 0.25) is 5.91 Å². The summed E-state index contributed by atoms with van der Waals surface area (Å²) in [6.45, 7) is 6.24. The SMILES string of the molecule is CC(=O)N1CC2COC(C)(C)C2(C(=O)O)C1. The third-order valence-electron chi connectivity index (χ3n) is 4.12. The van der Waals surface area contributed by atoms with Gasteiger partial charge in [0.15, 0.2) is 0 Å². The topological polar surface area (TPSA) is 66.8 Å². The molecule has 0 saturated carbocycles. The Hall–Kier alpha value is -1.10. The lowest BCUT2D eigenvalue weighted by Crippen LogP contribution is -2.51. The van der Waals surface area contributed by atoms with Gasteiger partial charge >= 0.3 is 5.97 Å². The van der Waals surface area contributed by atoms with E-state index in [1.54, 1.807) is 18.7 Å². The van der Waals surface area contributed by atoms with Crippen LogP contribution in [0.5, 0.6) is 0 Å². The summed E-state index contributed by atoms with van der Waals surface area (Å²) in [6, 6.07) is 0. The Morgan fingerprint density at radius 3 is 2.50 bits per heavy atom. The lowest BCUT2D eigenvalue weighted by atomic mass is 9.69. The molecule has 2 aliphatic heterocycles. The number of fused-ring (bicyclic) bond motifs is 1. The second kappa shape index (κ2) is 3.20. The quantitative estimate of drug-likeness (QED) is 0.701. The molecule has 5 nitrogen and oxygen atoms in total. The first-order valence-electron chi connectivity index (χ1n) is 5.44. The van der Waals surface area contributed by atoms with E-state index in [1.165, 1.54) is 6.92 Å². The largest absolute Gasteiger partial charge is 0.481 e. The second-order valence-electron chi connectivity index (χ2n) is 5.19. The molecule has 2 heterocycles. The third kappa shape index (κ3) is 1.21. The van der Waals surface area contributed by atoms with Crippen LogP contribution in [-0.2, 0) is 14.3 Å². The summed E-state index contributed by atoms with van der Waals surface area (Å²) in [7, 11) is 0. The fraction of sp³-hybridized carbons (Fsp3) is 0.818. The maximum Gasteiger partial charge on any atom is 0.314 e. The van der Waals surface area contributed by atoms with Crippen LogP contribution in [0, 0.1) is 11.3 Å². The molecule has 2 unspecified atom stereocenters. The van der Waals surface area contributed by atoms with Crippen LogP contribution in [0.4, 0.5) is 0 Å². The van der Waals surface area contributed by atoms with Gasteiger partial charge in [0.1, 0.15) is 5.41 Å². The van der Waals surface area contributed by atoms with Crippen LogP contribution in [0.25, 0.3) is 0 Å². The van der Waals surface area contributed by atoms with E-state index in [1.807, 2.05) is 0 Å². The number of hydrogen-bond acceptors (Lipinski definition) is 3. The molecule has 16 heavy (non-hydrogen) atoms. The van der Waals surface area contributed by atoms with Gasteiger partial charge in [-0.25, -0.2) is 0 Å². The first kappa shape index (κ1) is 11.4. The normalized spacial score (nSPS) is 36.2. The molecular formula is C11H17NO4. The molecule has 2 atom stereocenters. The highest BCUT2D eigenvalue weighted by atomic mass is 16.5. The molecule has 0 radical (unpaired) electrons. The number of carbonyl (C=O) groups is 2. The van der Waals surface area contributed by atoms with E-state index in [4.69, 9.17) is 4.74 Å². The first-order valence-corrected chi connectivity index (χ1v) is 5.44. The molecular weight excluding hydrogens is 210 g/mol. The van der Waals surface area contributed by atoms with E-state index in [2.05, 4.69) is 0 Å². The molecule has 0 spiro atoms. The molecule has 2 aliphatic rings. The average molecular weight is 227 g/mol.